The molecule has 0 spiro atoms. The van der Waals surface area contributed by atoms with E-state index in [9.17, 15) is 4.79 Å². The molecular formula is C11H13NO2. The molecule has 0 saturated carbocycles. The number of aliphatic carboxylic acids is 1. The number of fused-ring (bicyclic) bond motifs is 1. The number of carbonyl (C=O) groups is 1. The SMILES string of the molecule is CCc1cccc2c1CN[C@H]2C(=O)O. The Balaban J connectivity index is 2.46. The van der Waals surface area contributed by atoms with E-state index < -0.39 is 12.0 Å². The average molecular weight is 191 g/mol. The van der Waals surface area contributed by atoms with Gasteiger partial charge in [-0.3, -0.25) is 10.1 Å². The Hall–Kier alpha value is -1.35. The zero-order valence-corrected chi connectivity index (χ0v) is 8.08. The van der Waals surface area contributed by atoms with Gasteiger partial charge in [0.1, 0.15) is 6.04 Å². The van der Waals surface area contributed by atoms with Gasteiger partial charge in [0.2, 0.25) is 0 Å². The van der Waals surface area contributed by atoms with Crippen molar-refractivity contribution in [1.82, 2.24) is 5.32 Å². The summed E-state index contributed by atoms with van der Waals surface area (Å²) in [5.74, 6) is -0.794. The van der Waals surface area contributed by atoms with Crippen molar-refractivity contribution < 1.29 is 9.90 Å². The zero-order valence-electron chi connectivity index (χ0n) is 8.08. The van der Waals surface area contributed by atoms with Crippen LogP contribution in [0.5, 0.6) is 0 Å². The lowest BCUT2D eigenvalue weighted by atomic mass is 9.98. The molecule has 0 amide bonds. The Morgan fingerprint density at radius 3 is 3.07 bits per heavy atom. The second-order valence-corrected chi connectivity index (χ2v) is 3.49. The van der Waals surface area contributed by atoms with E-state index in [1.54, 1.807) is 0 Å². The first-order chi connectivity index (χ1) is 6.74. The van der Waals surface area contributed by atoms with Crippen molar-refractivity contribution >= 4 is 5.97 Å². The summed E-state index contributed by atoms with van der Waals surface area (Å²) in [5.41, 5.74) is 3.35. The van der Waals surface area contributed by atoms with Crippen molar-refractivity contribution in [3.8, 4) is 0 Å². The average Bonchev–Trinajstić information content (AvgIpc) is 2.60. The molecule has 3 heteroatoms. The van der Waals surface area contributed by atoms with Crippen molar-refractivity contribution in [3.05, 3.63) is 34.9 Å². The highest BCUT2D eigenvalue weighted by molar-refractivity contribution is 5.77. The summed E-state index contributed by atoms with van der Waals surface area (Å²) in [7, 11) is 0. The molecular weight excluding hydrogens is 178 g/mol. The summed E-state index contributed by atoms with van der Waals surface area (Å²) in [6, 6.07) is 5.37. The third kappa shape index (κ3) is 1.30. The minimum absolute atomic E-state index is 0.517. The third-order valence-electron chi connectivity index (χ3n) is 2.73. The van der Waals surface area contributed by atoms with E-state index in [1.807, 2.05) is 12.1 Å². The van der Waals surface area contributed by atoms with E-state index in [4.69, 9.17) is 5.11 Å². The van der Waals surface area contributed by atoms with Gasteiger partial charge in [-0.1, -0.05) is 25.1 Å². The Kier molecular flexibility index (Phi) is 2.25. The van der Waals surface area contributed by atoms with Crippen molar-refractivity contribution in [3.63, 3.8) is 0 Å². The van der Waals surface area contributed by atoms with E-state index in [-0.39, 0.29) is 0 Å². The number of hydrogen-bond donors (Lipinski definition) is 2. The molecule has 2 rings (SSSR count). The van der Waals surface area contributed by atoms with Crippen LogP contribution in [0.1, 0.15) is 29.7 Å². The lowest BCUT2D eigenvalue weighted by molar-refractivity contribution is -0.139. The van der Waals surface area contributed by atoms with Crippen LogP contribution in [0.2, 0.25) is 0 Å². The van der Waals surface area contributed by atoms with Crippen LogP contribution in [-0.4, -0.2) is 11.1 Å². The van der Waals surface area contributed by atoms with E-state index in [0.717, 1.165) is 12.0 Å². The van der Waals surface area contributed by atoms with Crippen LogP contribution in [0.25, 0.3) is 0 Å². The molecule has 14 heavy (non-hydrogen) atoms. The molecule has 3 nitrogen and oxygen atoms in total. The molecule has 0 radical (unpaired) electrons. The molecule has 1 heterocycles. The van der Waals surface area contributed by atoms with Gasteiger partial charge in [0.25, 0.3) is 0 Å². The van der Waals surface area contributed by atoms with Crippen molar-refractivity contribution in [1.29, 1.82) is 0 Å². The molecule has 0 saturated heterocycles. The fraction of sp³-hybridized carbons (Fsp3) is 0.364. The molecule has 0 fully saturated rings. The van der Waals surface area contributed by atoms with Gasteiger partial charge in [-0.25, -0.2) is 0 Å². The molecule has 0 unspecified atom stereocenters. The topological polar surface area (TPSA) is 49.3 Å². The van der Waals surface area contributed by atoms with Crippen molar-refractivity contribution in [2.45, 2.75) is 25.9 Å². The smallest absolute Gasteiger partial charge is 0.325 e. The maximum Gasteiger partial charge on any atom is 0.325 e. The minimum atomic E-state index is -0.794. The normalized spacial score (nSPS) is 19.4. The zero-order chi connectivity index (χ0) is 10.1. The number of rotatable bonds is 2. The number of nitrogens with one attached hydrogen (secondary N) is 1. The number of benzene rings is 1. The monoisotopic (exact) mass is 191 g/mol. The maximum atomic E-state index is 10.9. The van der Waals surface area contributed by atoms with E-state index in [1.165, 1.54) is 11.1 Å². The van der Waals surface area contributed by atoms with Gasteiger partial charge in [-0.2, -0.15) is 0 Å². The summed E-state index contributed by atoms with van der Waals surface area (Å²) < 4.78 is 0. The van der Waals surface area contributed by atoms with Gasteiger partial charge in [0.15, 0.2) is 0 Å². The van der Waals surface area contributed by atoms with Crippen LogP contribution in [0, 0.1) is 0 Å². The summed E-state index contributed by atoms with van der Waals surface area (Å²) in [6.45, 7) is 2.76. The highest BCUT2D eigenvalue weighted by Crippen LogP contribution is 2.28. The molecule has 1 atom stereocenters. The summed E-state index contributed by atoms with van der Waals surface area (Å²) in [6.07, 6.45) is 0.956. The van der Waals surface area contributed by atoms with Gasteiger partial charge in [-0.05, 0) is 23.1 Å². The molecule has 1 aliphatic rings. The van der Waals surface area contributed by atoms with Crippen molar-refractivity contribution in [2.24, 2.45) is 0 Å². The first kappa shape index (κ1) is 9.21. The van der Waals surface area contributed by atoms with Gasteiger partial charge in [0, 0.05) is 6.54 Å². The minimum Gasteiger partial charge on any atom is -0.480 e. The van der Waals surface area contributed by atoms with Crippen LogP contribution in [0.3, 0.4) is 0 Å². The Morgan fingerprint density at radius 2 is 2.43 bits per heavy atom. The van der Waals surface area contributed by atoms with Gasteiger partial charge >= 0.3 is 5.97 Å². The molecule has 0 aliphatic carbocycles. The lowest BCUT2D eigenvalue weighted by Crippen LogP contribution is -2.21. The Bertz CT molecular complexity index is 374. The van der Waals surface area contributed by atoms with E-state index >= 15 is 0 Å². The maximum absolute atomic E-state index is 10.9. The molecule has 1 aromatic rings. The molecule has 0 aromatic heterocycles. The fourth-order valence-electron chi connectivity index (χ4n) is 2.01. The number of hydrogen-bond acceptors (Lipinski definition) is 2. The number of aryl methyl sites for hydroxylation is 1. The predicted octanol–water partition coefficient (Wildman–Crippen LogP) is 1.48. The second-order valence-electron chi connectivity index (χ2n) is 3.49. The summed E-state index contributed by atoms with van der Waals surface area (Å²) >= 11 is 0. The fourth-order valence-corrected chi connectivity index (χ4v) is 2.01. The van der Waals surface area contributed by atoms with Crippen LogP contribution in [0.15, 0.2) is 18.2 Å². The van der Waals surface area contributed by atoms with E-state index in [2.05, 4.69) is 18.3 Å². The molecule has 1 aliphatic heterocycles. The second kappa shape index (κ2) is 3.42. The van der Waals surface area contributed by atoms with Crippen LogP contribution in [0.4, 0.5) is 0 Å². The summed E-state index contributed by atoms with van der Waals surface area (Å²) in [5, 5.41) is 12.0. The van der Waals surface area contributed by atoms with E-state index in [0.29, 0.717) is 6.54 Å². The predicted molar refractivity (Wildman–Crippen MR) is 53.0 cm³/mol. The highest BCUT2D eigenvalue weighted by atomic mass is 16.4. The summed E-state index contributed by atoms with van der Waals surface area (Å²) in [4.78, 5) is 10.9. The number of carboxylic acids is 1. The quantitative estimate of drug-likeness (QED) is 0.744. The standard InChI is InChI=1S/C11H13NO2/c1-2-7-4-3-5-8-9(7)6-12-10(8)11(13)14/h3-5,10,12H,2,6H2,1H3,(H,13,14)/t10-/m1/s1. The molecule has 74 valence electrons. The van der Waals surface area contributed by atoms with Crippen molar-refractivity contribution in [2.75, 3.05) is 0 Å². The van der Waals surface area contributed by atoms with Crippen LogP contribution in [-0.2, 0) is 17.8 Å². The number of carboxylic acid groups (broad SMARTS) is 1. The Morgan fingerprint density at radius 1 is 1.64 bits per heavy atom. The van der Waals surface area contributed by atoms with Crippen LogP contribution < -0.4 is 5.32 Å². The Labute approximate surface area is 82.8 Å². The van der Waals surface area contributed by atoms with Gasteiger partial charge in [0.05, 0.1) is 0 Å². The first-order valence-electron chi connectivity index (χ1n) is 4.81. The molecule has 0 bridgehead atoms. The van der Waals surface area contributed by atoms with Crippen LogP contribution >= 0.6 is 0 Å². The molecule has 1 aromatic carbocycles. The van der Waals surface area contributed by atoms with Gasteiger partial charge in [-0.15, -0.1) is 0 Å². The third-order valence-corrected chi connectivity index (χ3v) is 2.73. The van der Waals surface area contributed by atoms with Gasteiger partial charge < -0.3 is 5.11 Å². The first-order valence-corrected chi connectivity index (χ1v) is 4.81. The highest BCUT2D eigenvalue weighted by Gasteiger charge is 2.28. The molecule has 2 N–H and O–H groups in total. The largest absolute Gasteiger partial charge is 0.480 e. The lowest BCUT2D eigenvalue weighted by Gasteiger charge is -2.07.